The number of halogens is 1. The Morgan fingerprint density at radius 2 is 2.00 bits per heavy atom. The van der Waals surface area contributed by atoms with Crippen LogP contribution in [-0.2, 0) is 9.53 Å². The summed E-state index contributed by atoms with van der Waals surface area (Å²) in [5, 5.41) is 14.4. The molecule has 0 amide bonds. The highest BCUT2D eigenvalue weighted by Crippen LogP contribution is 2.27. The molecule has 25 heavy (non-hydrogen) atoms. The number of nitrogens with one attached hydrogen (secondary N) is 2. The van der Waals surface area contributed by atoms with E-state index in [1.165, 1.54) is 0 Å². The Labute approximate surface area is 153 Å². The third-order valence-corrected chi connectivity index (χ3v) is 3.94. The smallest absolute Gasteiger partial charge is 0.290 e. The molecule has 0 radical (unpaired) electrons. The molecule has 5 nitrogen and oxygen atoms in total. The Hall–Kier alpha value is -2.08. The average molecular weight is 363 g/mol. The number of hydrogen-bond donors (Lipinski definition) is 3. The molecule has 6 heteroatoms. The van der Waals surface area contributed by atoms with Crippen molar-refractivity contribution in [3.63, 3.8) is 0 Å². The minimum absolute atomic E-state index is 0.0000902. The Bertz CT molecular complexity index is 689. The van der Waals surface area contributed by atoms with E-state index in [0.29, 0.717) is 0 Å². The van der Waals surface area contributed by atoms with Gasteiger partial charge in [0.25, 0.3) is 6.47 Å². The highest BCUT2D eigenvalue weighted by molar-refractivity contribution is 6.31. The van der Waals surface area contributed by atoms with E-state index < -0.39 is 0 Å². The minimum Gasteiger partial charge on any atom is -0.483 e. The quantitative estimate of drug-likeness (QED) is 0.725. The van der Waals surface area contributed by atoms with E-state index in [-0.39, 0.29) is 18.8 Å². The Balaban J connectivity index is 0.000000701. The number of carbonyl (C=O) groups is 1. The van der Waals surface area contributed by atoms with Crippen molar-refractivity contribution in [2.24, 2.45) is 0 Å². The molecule has 0 spiro atoms. The third kappa shape index (κ3) is 6.05. The van der Waals surface area contributed by atoms with Crippen LogP contribution in [0.5, 0.6) is 0 Å². The van der Waals surface area contributed by atoms with Crippen molar-refractivity contribution in [3.05, 3.63) is 53.1 Å². The van der Waals surface area contributed by atoms with Crippen molar-refractivity contribution >= 4 is 23.8 Å². The first-order valence-electron chi connectivity index (χ1n) is 8.10. The summed E-state index contributed by atoms with van der Waals surface area (Å²) in [6, 6.07) is 14.4. The monoisotopic (exact) mass is 362 g/mol. The second-order valence-corrected chi connectivity index (χ2v) is 6.38. The van der Waals surface area contributed by atoms with Crippen molar-refractivity contribution in [1.29, 1.82) is 0 Å². The van der Waals surface area contributed by atoms with Crippen molar-refractivity contribution in [1.82, 2.24) is 5.32 Å². The van der Waals surface area contributed by atoms with E-state index in [2.05, 4.69) is 48.7 Å². The highest BCUT2D eigenvalue weighted by atomic mass is 35.5. The fourth-order valence-corrected chi connectivity index (χ4v) is 3.05. The van der Waals surface area contributed by atoms with Gasteiger partial charge < -0.3 is 20.5 Å². The van der Waals surface area contributed by atoms with Gasteiger partial charge in [-0.15, -0.1) is 0 Å². The first-order chi connectivity index (χ1) is 12.0. The summed E-state index contributed by atoms with van der Waals surface area (Å²) in [6.45, 7) is 5.59. The molecule has 1 aliphatic rings. The molecule has 0 saturated carbocycles. The fourth-order valence-electron chi connectivity index (χ4n) is 2.76. The molecule has 2 aromatic carbocycles. The van der Waals surface area contributed by atoms with E-state index >= 15 is 0 Å². The van der Waals surface area contributed by atoms with Crippen LogP contribution < -0.4 is 10.6 Å². The standard InChI is InChI=1S/C18H21ClN2O.CH2O2/c1-12-6-15(8-16(19)7-12)14-4-3-5-17(9-14)21-18-11-20-10-13(2)22-18;2-1-3/h3-9,13,18,20-21H,10-11H2,1-2H3;1H,(H,2,3). The van der Waals surface area contributed by atoms with Gasteiger partial charge in [-0.3, -0.25) is 4.79 Å². The van der Waals surface area contributed by atoms with Crippen LogP contribution in [0.3, 0.4) is 0 Å². The topological polar surface area (TPSA) is 70.6 Å². The Kier molecular flexibility index (Phi) is 7.25. The number of anilines is 1. The van der Waals surface area contributed by atoms with Gasteiger partial charge in [-0.05, 0) is 54.8 Å². The number of aryl methyl sites for hydroxylation is 1. The zero-order valence-electron chi connectivity index (χ0n) is 14.3. The lowest BCUT2D eigenvalue weighted by Crippen LogP contribution is -2.46. The molecule has 2 unspecified atom stereocenters. The second kappa shape index (κ2) is 9.42. The van der Waals surface area contributed by atoms with Crippen molar-refractivity contribution in [3.8, 4) is 11.1 Å². The maximum absolute atomic E-state index is 8.36. The lowest BCUT2D eigenvalue weighted by molar-refractivity contribution is -0.122. The van der Waals surface area contributed by atoms with Gasteiger partial charge in [0, 0.05) is 23.8 Å². The normalized spacial score (nSPS) is 19.5. The summed E-state index contributed by atoms with van der Waals surface area (Å²) >= 11 is 6.17. The summed E-state index contributed by atoms with van der Waals surface area (Å²) in [5.41, 5.74) is 4.49. The maximum Gasteiger partial charge on any atom is 0.290 e. The van der Waals surface area contributed by atoms with Crippen molar-refractivity contribution in [2.75, 3.05) is 18.4 Å². The van der Waals surface area contributed by atoms with Crippen LogP contribution in [-0.4, -0.2) is 37.0 Å². The summed E-state index contributed by atoms with van der Waals surface area (Å²) in [5.74, 6) is 0. The van der Waals surface area contributed by atoms with Gasteiger partial charge in [0.1, 0.15) is 6.23 Å². The molecule has 2 aromatic rings. The van der Waals surface area contributed by atoms with Gasteiger partial charge >= 0.3 is 0 Å². The molecule has 1 saturated heterocycles. The van der Waals surface area contributed by atoms with Crippen LogP contribution in [0.25, 0.3) is 11.1 Å². The van der Waals surface area contributed by atoms with E-state index in [0.717, 1.165) is 40.5 Å². The maximum atomic E-state index is 8.36. The van der Waals surface area contributed by atoms with E-state index in [4.69, 9.17) is 26.2 Å². The molecule has 0 aromatic heterocycles. The van der Waals surface area contributed by atoms with E-state index in [1.807, 2.05) is 18.2 Å². The van der Waals surface area contributed by atoms with Gasteiger partial charge in [-0.2, -0.15) is 0 Å². The lowest BCUT2D eigenvalue weighted by atomic mass is 10.0. The SMILES string of the molecule is Cc1cc(Cl)cc(-c2cccc(NC3CNCC(C)O3)c2)c1.O=CO. The van der Waals surface area contributed by atoms with Crippen LogP contribution in [0.2, 0.25) is 5.02 Å². The minimum atomic E-state index is -0.250. The van der Waals surface area contributed by atoms with Crippen molar-refractivity contribution < 1.29 is 14.6 Å². The number of morpholine rings is 1. The Morgan fingerprint density at radius 3 is 2.68 bits per heavy atom. The third-order valence-electron chi connectivity index (χ3n) is 3.72. The van der Waals surface area contributed by atoms with E-state index in [1.54, 1.807) is 0 Å². The molecule has 0 bridgehead atoms. The second-order valence-electron chi connectivity index (χ2n) is 5.94. The van der Waals surface area contributed by atoms with Crippen LogP contribution in [0.4, 0.5) is 5.69 Å². The van der Waals surface area contributed by atoms with Crippen LogP contribution in [0.1, 0.15) is 12.5 Å². The number of benzene rings is 2. The van der Waals surface area contributed by atoms with E-state index in [9.17, 15) is 0 Å². The van der Waals surface area contributed by atoms with Gasteiger partial charge in [0.05, 0.1) is 6.10 Å². The van der Waals surface area contributed by atoms with Gasteiger partial charge in [-0.25, -0.2) is 0 Å². The Morgan fingerprint density at radius 1 is 1.24 bits per heavy atom. The largest absolute Gasteiger partial charge is 0.483 e. The predicted octanol–water partition coefficient (Wildman–Crippen LogP) is 3.76. The molecule has 1 heterocycles. The lowest BCUT2D eigenvalue weighted by Gasteiger charge is -2.30. The number of carboxylic acid groups (broad SMARTS) is 1. The van der Waals surface area contributed by atoms with Crippen LogP contribution in [0, 0.1) is 6.92 Å². The van der Waals surface area contributed by atoms with Crippen LogP contribution >= 0.6 is 11.6 Å². The molecular weight excluding hydrogens is 340 g/mol. The molecule has 1 aliphatic heterocycles. The number of hydrogen-bond acceptors (Lipinski definition) is 4. The summed E-state index contributed by atoms with van der Waals surface area (Å²) < 4.78 is 5.88. The summed E-state index contributed by atoms with van der Waals surface area (Å²) in [6.07, 6.45) is 0.227. The molecule has 1 fully saturated rings. The van der Waals surface area contributed by atoms with Gasteiger partial charge in [0.2, 0.25) is 0 Å². The molecular formula is C19H23ClN2O3. The van der Waals surface area contributed by atoms with Crippen molar-refractivity contribution in [2.45, 2.75) is 26.2 Å². The zero-order valence-corrected chi connectivity index (χ0v) is 15.1. The van der Waals surface area contributed by atoms with Gasteiger partial charge in [0.15, 0.2) is 0 Å². The van der Waals surface area contributed by atoms with Crippen LogP contribution in [0.15, 0.2) is 42.5 Å². The predicted molar refractivity (Wildman–Crippen MR) is 101 cm³/mol. The molecule has 134 valence electrons. The number of ether oxygens (including phenoxy) is 1. The first kappa shape index (κ1) is 19.2. The first-order valence-corrected chi connectivity index (χ1v) is 8.48. The summed E-state index contributed by atoms with van der Waals surface area (Å²) in [4.78, 5) is 8.36. The molecule has 2 atom stereocenters. The van der Waals surface area contributed by atoms with Gasteiger partial charge in [-0.1, -0.05) is 29.8 Å². The number of rotatable bonds is 3. The fraction of sp³-hybridized carbons (Fsp3) is 0.316. The molecule has 0 aliphatic carbocycles. The molecule has 3 rings (SSSR count). The average Bonchev–Trinajstić information content (AvgIpc) is 2.55. The zero-order chi connectivity index (χ0) is 18.2. The highest BCUT2D eigenvalue weighted by Gasteiger charge is 2.18. The summed E-state index contributed by atoms with van der Waals surface area (Å²) in [7, 11) is 0. The molecule has 3 N–H and O–H groups in total.